The number of phenols is 1. The average Bonchev–Trinajstić information content (AvgIpc) is 3.06. The summed E-state index contributed by atoms with van der Waals surface area (Å²) in [6.07, 6.45) is 7.04. The Bertz CT molecular complexity index is 596. The van der Waals surface area contributed by atoms with Gasteiger partial charge in [-0.05, 0) is 37.5 Å². The molecule has 1 heterocycles. The molecule has 2 aromatic rings. The smallest absolute Gasteiger partial charge is 0.317 e. The molecule has 1 aromatic carbocycles. The van der Waals surface area contributed by atoms with E-state index in [1.807, 2.05) is 29.8 Å². The summed E-state index contributed by atoms with van der Waals surface area (Å²) >= 11 is 0. The Balaban J connectivity index is 1.71. The molecule has 124 valence electrons. The summed E-state index contributed by atoms with van der Waals surface area (Å²) < 4.78 is 1.99. The second-order valence-corrected chi connectivity index (χ2v) is 5.72. The number of carbonyl (C=O) groups excluding carboxylic acids is 1. The number of benzene rings is 1. The molecule has 0 aliphatic rings. The minimum absolute atomic E-state index is 0.0677. The van der Waals surface area contributed by atoms with Crippen LogP contribution in [0.3, 0.4) is 0 Å². The van der Waals surface area contributed by atoms with Gasteiger partial charge in [-0.1, -0.05) is 12.1 Å². The van der Waals surface area contributed by atoms with Gasteiger partial charge in [0.1, 0.15) is 5.75 Å². The molecule has 0 aliphatic heterocycles. The van der Waals surface area contributed by atoms with Crippen molar-refractivity contribution in [2.45, 2.75) is 32.4 Å². The summed E-state index contributed by atoms with van der Waals surface area (Å²) in [6.45, 7) is 3.48. The monoisotopic (exact) mass is 316 g/mol. The molecule has 2 amide bonds. The Labute approximate surface area is 136 Å². The third-order valence-electron chi connectivity index (χ3n) is 3.88. The first-order chi connectivity index (χ1) is 11.1. The molecular weight excluding hydrogens is 292 g/mol. The van der Waals surface area contributed by atoms with Crippen molar-refractivity contribution in [3.8, 4) is 5.75 Å². The van der Waals surface area contributed by atoms with Gasteiger partial charge >= 0.3 is 6.03 Å². The molecule has 0 unspecified atom stereocenters. The average molecular weight is 316 g/mol. The first-order valence-electron chi connectivity index (χ1n) is 7.80. The van der Waals surface area contributed by atoms with Crippen LogP contribution >= 0.6 is 0 Å². The van der Waals surface area contributed by atoms with E-state index in [1.165, 1.54) is 0 Å². The highest BCUT2D eigenvalue weighted by molar-refractivity contribution is 5.74. The quantitative estimate of drug-likeness (QED) is 0.770. The molecule has 0 radical (unpaired) electrons. The number of hydrogen-bond acceptors (Lipinski definition) is 3. The third kappa shape index (κ3) is 5.32. The number of nitrogens with zero attached hydrogens (tertiary/aromatic N) is 3. The lowest BCUT2D eigenvalue weighted by Crippen LogP contribution is -2.43. The number of imidazole rings is 1. The number of nitrogens with one attached hydrogen (secondary N) is 1. The van der Waals surface area contributed by atoms with E-state index in [4.69, 9.17) is 0 Å². The molecule has 23 heavy (non-hydrogen) atoms. The molecule has 2 N–H and O–H groups in total. The highest BCUT2D eigenvalue weighted by Gasteiger charge is 2.15. The second-order valence-electron chi connectivity index (χ2n) is 5.72. The molecule has 0 aliphatic carbocycles. The fourth-order valence-corrected chi connectivity index (χ4v) is 2.31. The lowest BCUT2D eigenvalue weighted by molar-refractivity contribution is 0.193. The van der Waals surface area contributed by atoms with Crippen molar-refractivity contribution in [3.63, 3.8) is 0 Å². The van der Waals surface area contributed by atoms with Crippen LogP contribution in [0.4, 0.5) is 4.79 Å². The summed E-state index contributed by atoms with van der Waals surface area (Å²) in [5.74, 6) is 0.255. The molecule has 1 atom stereocenters. The van der Waals surface area contributed by atoms with Gasteiger partial charge in [-0.3, -0.25) is 0 Å². The number of carbonyl (C=O) groups is 1. The van der Waals surface area contributed by atoms with E-state index in [-0.39, 0.29) is 17.8 Å². The largest absolute Gasteiger partial charge is 0.508 e. The summed E-state index contributed by atoms with van der Waals surface area (Å²) in [5.41, 5.74) is 1.09. The van der Waals surface area contributed by atoms with Crippen LogP contribution < -0.4 is 5.32 Å². The van der Waals surface area contributed by atoms with Gasteiger partial charge < -0.3 is 19.9 Å². The standard InChI is InChI=1S/C17H24N4O2/c1-14(12-15-4-6-16(22)7-5-15)20(2)17(23)19-8-3-10-21-11-9-18-13-21/h4-7,9,11,13-14,22H,3,8,10,12H2,1-2H3,(H,19,23)/t14-/m1/s1. The fourth-order valence-electron chi connectivity index (χ4n) is 2.31. The number of aromatic nitrogens is 2. The highest BCUT2D eigenvalue weighted by atomic mass is 16.3. The SMILES string of the molecule is C[C@H](Cc1ccc(O)cc1)N(C)C(=O)NCCCn1ccnc1. The van der Waals surface area contributed by atoms with Crippen LogP contribution in [-0.4, -0.2) is 45.2 Å². The highest BCUT2D eigenvalue weighted by Crippen LogP contribution is 2.13. The zero-order chi connectivity index (χ0) is 16.7. The van der Waals surface area contributed by atoms with Gasteiger partial charge in [0.15, 0.2) is 0 Å². The van der Waals surface area contributed by atoms with Gasteiger partial charge in [0.05, 0.1) is 6.33 Å². The second kappa shape index (κ2) is 8.22. The van der Waals surface area contributed by atoms with E-state index < -0.39 is 0 Å². The molecule has 0 fully saturated rings. The van der Waals surface area contributed by atoms with Crippen LogP contribution in [0.1, 0.15) is 18.9 Å². The van der Waals surface area contributed by atoms with E-state index in [0.717, 1.165) is 24.9 Å². The van der Waals surface area contributed by atoms with Crippen LogP contribution in [0.15, 0.2) is 43.0 Å². The van der Waals surface area contributed by atoms with Gasteiger partial charge in [-0.2, -0.15) is 0 Å². The Hall–Kier alpha value is -2.50. The summed E-state index contributed by atoms with van der Waals surface area (Å²) in [4.78, 5) is 17.8. The number of likely N-dealkylation sites (N-methyl/N-ethyl adjacent to an activating group) is 1. The Morgan fingerprint density at radius 1 is 1.39 bits per heavy atom. The van der Waals surface area contributed by atoms with E-state index in [1.54, 1.807) is 36.6 Å². The van der Waals surface area contributed by atoms with Crippen LogP contribution in [0.25, 0.3) is 0 Å². The lowest BCUT2D eigenvalue weighted by atomic mass is 10.1. The maximum atomic E-state index is 12.1. The van der Waals surface area contributed by atoms with E-state index in [9.17, 15) is 9.90 Å². The first kappa shape index (κ1) is 16.9. The molecule has 0 saturated carbocycles. The van der Waals surface area contributed by atoms with Gasteiger partial charge in [0, 0.05) is 38.6 Å². The van der Waals surface area contributed by atoms with E-state index in [2.05, 4.69) is 10.3 Å². The molecule has 0 bridgehead atoms. The number of rotatable bonds is 7. The summed E-state index contributed by atoms with van der Waals surface area (Å²) in [7, 11) is 1.80. The van der Waals surface area contributed by atoms with Crippen LogP contribution in [-0.2, 0) is 13.0 Å². The number of aromatic hydroxyl groups is 1. The van der Waals surface area contributed by atoms with Gasteiger partial charge in [-0.15, -0.1) is 0 Å². The minimum atomic E-state index is -0.0677. The van der Waals surface area contributed by atoms with E-state index in [0.29, 0.717) is 6.54 Å². The summed E-state index contributed by atoms with van der Waals surface area (Å²) in [5, 5.41) is 12.2. The maximum absolute atomic E-state index is 12.1. The Kier molecular flexibility index (Phi) is 6.02. The molecule has 6 heteroatoms. The molecule has 2 rings (SSSR count). The predicted molar refractivity (Wildman–Crippen MR) is 89.3 cm³/mol. The zero-order valence-corrected chi connectivity index (χ0v) is 13.6. The van der Waals surface area contributed by atoms with Gasteiger partial charge in [0.2, 0.25) is 0 Å². The van der Waals surface area contributed by atoms with Crippen molar-refractivity contribution < 1.29 is 9.90 Å². The maximum Gasteiger partial charge on any atom is 0.317 e. The molecular formula is C17H24N4O2. The Morgan fingerprint density at radius 2 is 2.13 bits per heavy atom. The lowest BCUT2D eigenvalue weighted by Gasteiger charge is -2.25. The first-order valence-corrected chi connectivity index (χ1v) is 7.80. The normalized spacial score (nSPS) is 11.9. The number of phenolic OH excluding ortho intramolecular Hbond substituents is 1. The topological polar surface area (TPSA) is 70.4 Å². The van der Waals surface area contributed by atoms with Crippen molar-refractivity contribution in [3.05, 3.63) is 48.5 Å². The zero-order valence-electron chi connectivity index (χ0n) is 13.6. The van der Waals surface area contributed by atoms with Crippen molar-refractivity contribution >= 4 is 6.03 Å². The third-order valence-corrected chi connectivity index (χ3v) is 3.88. The number of urea groups is 1. The molecule has 1 aromatic heterocycles. The number of aryl methyl sites for hydroxylation is 1. The molecule has 0 saturated heterocycles. The van der Waals surface area contributed by atoms with Gasteiger partial charge in [-0.25, -0.2) is 9.78 Å². The van der Waals surface area contributed by atoms with Crippen molar-refractivity contribution in [1.29, 1.82) is 0 Å². The minimum Gasteiger partial charge on any atom is -0.508 e. The Morgan fingerprint density at radius 3 is 2.78 bits per heavy atom. The van der Waals surface area contributed by atoms with E-state index >= 15 is 0 Å². The number of amides is 2. The van der Waals surface area contributed by atoms with Crippen molar-refractivity contribution in [2.75, 3.05) is 13.6 Å². The summed E-state index contributed by atoms with van der Waals surface area (Å²) in [6, 6.07) is 7.09. The van der Waals surface area contributed by atoms with Crippen LogP contribution in [0.5, 0.6) is 5.75 Å². The molecule has 6 nitrogen and oxygen atoms in total. The molecule has 0 spiro atoms. The van der Waals surface area contributed by atoms with Crippen molar-refractivity contribution in [1.82, 2.24) is 19.8 Å². The van der Waals surface area contributed by atoms with Gasteiger partial charge in [0.25, 0.3) is 0 Å². The van der Waals surface area contributed by atoms with Crippen molar-refractivity contribution in [2.24, 2.45) is 0 Å². The fraction of sp³-hybridized carbons (Fsp3) is 0.412. The van der Waals surface area contributed by atoms with Crippen LogP contribution in [0, 0.1) is 0 Å². The number of hydrogen-bond donors (Lipinski definition) is 2. The predicted octanol–water partition coefficient (Wildman–Crippen LogP) is 2.25. The van der Waals surface area contributed by atoms with Crippen LogP contribution in [0.2, 0.25) is 0 Å².